The molecular formula is C14H15F2NS. The van der Waals surface area contributed by atoms with Crippen molar-refractivity contribution in [2.45, 2.75) is 19.9 Å². The molecule has 1 nitrogen and oxygen atoms in total. The van der Waals surface area contributed by atoms with Crippen molar-refractivity contribution in [2.24, 2.45) is 0 Å². The van der Waals surface area contributed by atoms with E-state index >= 15 is 0 Å². The smallest absolute Gasteiger partial charge is 0.163 e. The van der Waals surface area contributed by atoms with Crippen LogP contribution in [0, 0.1) is 18.6 Å². The van der Waals surface area contributed by atoms with Gasteiger partial charge in [-0.1, -0.05) is 19.1 Å². The number of aryl methyl sites for hydroxylation is 1. The molecule has 0 fully saturated rings. The average molecular weight is 267 g/mol. The summed E-state index contributed by atoms with van der Waals surface area (Å²) in [5, 5.41) is 5.18. The summed E-state index contributed by atoms with van der Waals surface area (Å²) in [5.41, 5.74) is 1.46. The predicted octanol–water partition coefficient (Wildman–Crippen LogP) is 4.03. The zero-order valence-electron chi connectivity index (χ0n) is 10.3. The van der Waals surface area contributed by atoms with Crippen molar-refractivity contribution >= 4 is 11.3 Å². The van der Waals surface area contributed by atoms with Crippen molar-refractivity contribution in [3.63, 3.8) is 0 Å². The molecule has 2 rings (SSSR count). The lowest BCUT2D eigenvalue weighted by Crippen LogP contribution is -2.23. The monoisotopic (exact) mass is 267 g/mol. The molecule has 96 valence electrons. The fourth-order valence-electron chi connectivity index (χ4n) is 1.97. The second-order valence-electron chi connectivity index (χ2n) is 4.10. The molecule has 1 N–H and O–H groups in total. The molecule has 1 atom stereocenters. The van der Waals surface area contributed by atoms with Crippen LogP contribution in [0.25, 0.3) is 0 Å². The zero-order valence-corrected chi connectivity index (χ0v) is 11.2. The Bertz CT molecular complexity index is 536. The summed E-state index contributed by atoms with van der Waals surface area (Å²) < 4.78 is 27.2. The molecule has 0 aliphatic carbocycles. The summed E-state index contributed by atoms with van der Waals surface area (Å²) in [5.74, 6) is -1.57. The Morgan fingerprint density at radius 1 is 1.28 bits per heavy atom. The van der Waals surface area contributed by atoms with Crippen LogP contribution in [0.4, 0.5) is 8.78 Å². The molecule has 4 heteroatoms. The molecule has 1 aromatic heterocycles. The number of thiophene rings is 1. The maximum Gasteiger partial charge on any atom is 0.163 e. The van der Waals surface area contributed by atoms with Gasteiger partial charge in [0.05, 0.1) is 6.04 Å². The van der Waals surface area contributed by atoms with Gasteiger partial charge in [-0.3, -0.25) is 0 Å². The number of nitrogens with one attached hydrogen (secondary N) is 1. The van der Waals surface area contributed by atoms with Crippen molar-refractivity contribution in [2.75, 3.05) is 6.54 Å². The first-order valence-corrected chi connectivity index (χ1v) is 6.74. The van der Waals surface area contributed by atoms with E-state index in [0.717, 1.165) is 16.5 Å². The van der Waals surface area contributed by atoms with Gasteiger partial charge in [-0.15, -0.1) is 11.3 Å². The summed E-state index contributed by atoms with van der Waals surface area (Å²) >= 11 is 1.56. The minimum Gasteiger partial charge on any atom is -0.306 e. The quantitative estimate of drug-likeness (QED) is 0.881. The number of benzene rings is 1. The van der Waals surface area contributed by atoms with Crippen LogP contribution in [-0.4, -0.2) is 6.54 Å². The Morgan fingerprint density at radius 3 is 2.67 bits per heavy atom. The molecule has 0 saturated heterocycles. The molecule has 0 spiro atoms. The van der Waals surface area contributed by atoms with Crippen LogP contribution >= 0.6 is 11.3 Å². The fraction of sp³-hybridized carbons (Fsp3) is 0.286. The molecule has 0 amide bonds. The molecule has 0 aliphatic rings. The highest BCUT2D eigenvalue weighted by Crippen LogP contribution is 2.31. The third kappa shape index (κ3) is 2.44. The molecule has 0 aliphatic heterocycles. The Morgan fingerprint density at radius 2 is 2.06 bits per heavy atom. The molecule has 1 aromatic carbocycles. The van der Waals surface area contributed by atoms with Gasteiger partial charge in [0.2, 0.25) is 0 Å². The van der Waals surface area contributed by atoms with E-state index in [9.17, 15) is 8.78 Å². The first-order valence-electron chi connectivity index (χ1n) is 5.86. The van der Waals surface area contributed by atoms with Crippen LogP contribution in [-0.2, 0) is 0 Å². The maximum absolute atomic E-state index is 13.9. The number of hydrogen-bond acceptors (Lipinski definition) is 2. The van der Waals surface area contributed by atoms with Gasteiger partial charge in [0.1, 0.15) is 0 Å². The fourth-order valence-corrected chi connectivity index (χ4v) is 2.99. The van der Waals surface area contributed by atoms with Gasteiger partial charge >= 0.3 is 0 Å². The van der Waals surface area contributed by atoms with Crippen LogP contribution in [0.1, 0.15) is 29.0 Å². The summed E-state index contributed by atoms with van der Waals surface area (Å²) in [7, 11) is 0. The van der Waals surface area contributed by atoms with Gasteiger partial charge < -0.3 is 5.32 Å². The van der Waals surface area contributed by atoms with Crippen LogP contribution in [0.5, 0.6) is 0 Å². The first-order chi connectivity index (χ1) is 8.65. The van der Waals surface area contributed by atoms with Crippen LogP contribution in [0.3, 0.4) is 0 Å². The van der Waals surface area contributed by atoms with Crippen molar-refractivity contribution in [3.8, 4) is 0 Å². The summed E-state index contributed by atoms with van der Waals surface area (Å²) in [4.78, 5) is 1.03. The molecule has 0 saturated carbocycles. The van der Waals surface area contributed by atoms with Crippen molar-refractivity contribution in [1.29, 1.82) is 0 Å². The summed E-state index contributed by atoms with van der Waals surface area (Å²) in [6, 6.07) is 6.02. The van der Waals surface area contributed by atoms with Crippen LogP contribution in [0.2, 0.25) is 0 Å². The van der Waals surface area contributed by atoms with Crippen LogP contribution < -0.4 is 5.32 Å². The lowest BCUT2D eigenvalue weighted by atomic mass is 10.0. The van der Waals surface area contributed by atoms with E-state index in [1.807, 2.05) is 25.3 Å². The molecule has 1 unspecified atom stereocenters. The number of rotatable bonds is 4. The Kier molecular flexibility index (Phi) is 4.09. The molecular weight excluding hydrogens is 252 g/mol. The third-order valence-corrected chi connectivity index (χ3v) is 3.95. The van der Waals surface area contributed by atoms with E-state index in [-0.39, 0.29) is 6.04 Å². The Hall–Kier alpha value is -1.26. The van der Waals surface area contributed by atoms with Gasteiger partial charge in [-0.25, -0.2) is 8.78 Å². The van der Waals surface area contributed by atoms with Gasteiger partial charge in [0.15, 0.2) is 11.6 Å². The highest BCUT2D eigenvalue weighted by Gasteiger charge is 2.21. The third-order valence-electron chi connectivity index (χ3n) is 2.86. The molecule has 0 radical (unpaired) electrons. The number of hydrogen-bond donors (Lipinski definition) is 1. The van der Waals surface area contributed by atoms with E-state index in [1.165, 1.54) is 0 Å². The zero-order chi connectivity index (χ0) is 13.1. The maximum atomic E-state index is 13.9. The SMILES string of the molecule is CCNC(c1cccc(F)c1F)c1sccc1C. The second kappa shape index (κ2) is 5.59. The topological polar surface area (TPSA) is 12.0 Å². The van der Waals surface area contributed by atoms with E-state index in [1.54, 1.807) is 23.5 Å². The lowest BCUT2D eigenvalue weighted by Gasteiger charge is -2.19. The van der Waals surface area contributed by atoms with E-state index in [2.05, 4.69) is 5.32 Å². The van der Waals surface area contributed by atoms with E-state index in [4.69, 9.17) is 0 Å². The van der Waals surface area contributed by atoms with Crippen molar-refractivity contribution in [1.82, 2.24) is 5.32 Å². The lowest BCUT2D eigenvalue weighted by molar-refractivity contribution is 0.484. The highest BCUT2D eigenvalue weighted by molar-refractivity contribution is 7.10. The average Bonchev–Trinajstić information content (AvgIpc) is 2.76. The van der Waals surface area contributed by atoms with Crippen molar-refractivity contribution in [3.05, 3.63) is 57.3 Å². The minimum atomic E-state index is -0.801. The minimum absolute atomic E-state index is 0.286. The number of halogens is 2. The van der Waals surface area contributed by atoms with Gasteiger partial charge in [-0.05, 0) is 36.5 Å². The molecule has 2 aromatic rings. The predicted molar refractivity (Wildman–Crippen MR) is 70.9 cm³/mol. The summed E-state index contributed by atoms with van der Waals surface area (Å²) in [6.45, 7) is 4.62. The van der Waals surface area contributed by atoms with Gasteiger partial charge in [0, 0.05) is 10.4 Å². The normalized spacial score (nSPS) is 12.7. The molecule has 1 heterocycles. The second-order valence-corrected chi connectivity index (χ2v) is 5.05. The Balaban J connectivity index is 2.48. The van der Waals surface area contributed by atoms with E-state index in [0.29, 0.717) is 12.1 Å². The van der Waals surface area contributed by atoms with E-state index < -0.39 is 11.6 Å². The Labute approximate surface area is 109 Å². The highest BCUT2D eigenvalue weighted by atomic mass is 32.1. The molecule has 18 heavy (non-hydrogen) atoms. The molecule has 0 bridgehead atoms. The van der Waals surface area contributed by atoms with Crippen molar-refractivity contribution < 1.29 is 8.78 Å². The first kappa shape index (κ1) is 13.2. The van der Waals surface area contributed by atoms with Gasteiger partial charge in [0.25, 0.3) is 0 Å². The summed E-state index contributed by atoms with van der Waals surface area (Å²) in [6.07, 6.45) is 0. The van der Waals surface area contributed by atoms with Gasteiger partial charge in [-0.2, -0.15) is 0 Å². The largest absolute Gasteiger partial charge is 0.306 e. The van der Waals surface area contributed by atoms with Crippen LogP contribution in [0.15, 0.2) is 29.6 Å². The standard InChI is InChI=1S/C14H15F2NS/c1-3-17-13(14-9(2)7-8-18-14)10-5-4-6-11(15)12(10)16/h4-8,13,17H,3H2,1-2H3.